The molecule has 0 saturated heterocycles. The van der Waals surface area contributed by atoms with E-state index >= 15 is 0 Å². The molecule has 5 nitrogen and oxygen atoms in total. The highest BCUT2D eigenvalue weighted by molar-refractivity contribution is 6.04. The predicted octanol–water partition coefficient (Wildman–Crippen LogP) is 4.29. The lowest BCUT2D eigenvalue weighted by Crippen LogP contribution is -2.13. The molecule has 132 valence electrons. The Balaban J connectivity index is 1.97. The van der Waals surface area contributed by atoms with Gasteiger partial charge in [-0.15, -0.1) is 0 Å². The van der Waals surface area contributed by atoms with E-state index in [0.717, 1.165) is 12.2 Å². The summed E-state index contributed by atoms with van der Waals surface area (Å²) < 4.78 is 10.6. The zero-order valence-electron chi connectivity index (χ0n) is 14.7. The van der Waals surface area contributed by atoms with Crippen LogP contribution in [-0.2, 0) is 4.74 Å². The van der Waals surface area contributed by atoms with Crippen molar-refractivity contribution in [3.63, 3.8) is 0 Å². The maximum absolute atomic E-state index is 12.3. The molecule has 0 aromatic heterocycles. The molecule has 1 N–H and O–H groups in total. The van der Waals surface area contributed by atoms with Crippen LogP contribution in [0.5, 0.6) is 5.75 Å². The average Bonchev–Trinajstić information content (AvgIpc) is 2.60. The fourth-order valence-corrected chi connectivity index (χ4v) is 2.10. The molecule has 0 aliphatic carbocycles. The molecular weight excluding hydrogens is 318 g/mol. The first-order valence-corrected chi connectivity index (χ1v) is 8.35. The quantitative estimate of drug-likeness (QED) is 0.763. The number of esters is 1. The van der Waals surface area contributed by atoms with Gasteiger partial charge in [-0.3, -0.25) is 4.79 Å². The summed E-state index contributed by atoms with van der Waals surface area (Å²) in [6.07, 6.45) is 0.763. The summed E-state index contributed by atoms with van der Waals surface area (Å²) in [4.78, 5) is 24.1. The molecular formula is C20H23NO4. The number of carbonyl (C=O) groups is 2. The van der Waals surface area contributed by atoms with Gasteiger partial charge in [-0.2, -0.15) is 0 Å². The minimum atomic E-state index is -0.379. The predicted molar refractivity (Wildman–Crippen MR) is 97.2 cm³/mol. The molecule has 0 spiro atoms. The lowest BCUT2D eigenvalue weighted by atomic mass is 10.1. The van der Waals surface area contributed by atoms with Gasteiger partial charge in [0, 0.05) is 11.3 Å². The van der Waals surface area contributed by atoms with Gasteiger partial charge in [-0.25, -0.2) is 4.79 Å². The Morgan fingerprint density at radius 3 is 2.12 bits per heavy atom. The number of ether oxygens (including phenoxy) is 2. The molecule has 0 atom stereocenters. The third-order valence-electron chi connectivity index (χ3n) is 3.31. The number of nitrogens with one attached hydrogen (secondary N) is 1. The van der Waals surface area contributed by atoms with Crippen molar-refractivity contribution in [2.24, 2.45) is 0 Å². The molecule has 0 fully saturated rings. The van der Waals surface area contributed by atoms with Crippen molar-refractivity contribution in [2.75, 3.05) is 11.9 Å². The standard InChI is InChI=1S/C20H23NO4/c1-4-13-24-18-11-7-15(8-12-18)19(22)21-17-9-5-16(6-10-17)20(23)25-14(2)3/h5-12,14H,4,13H2,1-3H3,(H,21,22). The van der Waals surface area contributed by atoms with E-state index < -0.39 is 0 Å². The van der Waals surface area contributed by atoms with Gasteiger partial charge in [-0.1, -0.05) is 6.92 Å². The van der Waals surface area contributed by atoms with E-state index in [1.165, 1.54) is 0 Å². The molecule has 2 aromatic rings. The minimum Gasteiger partial charge on any atom is -0.494 e. The van der Waals surface area contributed by atoms with Crippen LogP contribution >= 0.6 is 0 Å². The van der Waals surface area contributed by atoms with Gasteiger partial charge < -0.3 is 14.8 Å². The van der Waals surface area contributed by atoms with Gasteiger partial charge >= 0.3 is 5.97 Å². The first-order chi connectivity index (χ1) is 12.0. The second-order valence-corrected chi connectivity index (χ2v) is 5.86. The van der Waals surface area contributed by atoms with Crippen LogP contribution in [0.1, 0.15) is 47.9 Å². The number of carbonyl (C=O) groups excluding carboxylic acids is 2. The Kier molecular flexibility index (Phi) is 6.57. The van der Waals surface area contributed by atoms with Gasteiger partial charge in [0.2, 0.25) is 0 Å². The summed E-state index contributed by atoms with van der Waals surface area (Å²) in [5, 5.41) is 2.80. The van der Waals surface area contributed by atoms with Gasteiger partial charge in [0.1, 0.15) is 5.75 Å². The fraction of sp³-hybridized carbons (Fsp3) is 0.300. The lowest BCUT2D eigenvalue weighted by Gasteiger charge is -2.09. The summed E-state index contributed by atoms with van der Waals surface area (Å²) >= 11 is 0. The molecule has 1 amide bonds. The normalized spacial score (nSPS) is 10.4. The fourth-order valence-electron chi connectivity index (χ4n) is 2.10. The first-order valence-electron chi connectivity index (χ1n) is 8.35. The molecule has 0 bridgehead atoms. The summed E-state index contributed by atoms with van der Waals surface area (Å²) in [7, 11) is 0. The van der Waals surface area contributed by atoms with E-state index in [0.29, 0.717) is 23.4 Å². The molecule has 0 saturated carbocycles. The third kappa shape index (κ3) is 5.64. The van der Waals surface area contributed by atoms with Crippen molar-refractivity contribution < 1.29 is 19.1 Å². The van der Waals surface area contributed by atoms with Crippen molar-refractivity contribution in [1.82, 2.24) is 0 Å². The van der Waals surface area contributed by atoms with Gasteiger partial charge in [0.25, 0.3) is 5.91 Å². The van der Waals surface area contributed by atoms with Gasteiger partial charge in [0.15, 0.2) is 0 Å². The molecule has 0 heterocycles. The number of hydrogen-bond acceptors (Lipinski definition) is 4. The summed E-state index contributed by atoms with van der Waals surface area (Å²) in [5.74, 6) is 0.140. The third-order valence-corrected chi connectivity index (χ3v) is 3.31. The van der Waals surface area contributed by atoms with E-state index in [-0.39, 0.29) is 18.0 Å². The number of benzene rings is 2. The highest BCUT2D eigenvalue weighted by atomic mass is 16.5. The Morgan fingerprint density at radius 1 is 0.960 bits per heavy atom. The lowest BCUT2D eigenvalue weighted by molar-refractivity contribution is 0.0378. The van der Waals surface area contributed by atoms with Gasteiger partial charge in [0.05, 0.1) is 18.3 Å². The van der Waals surface area contributed by atoms with E-state index in [4.69, 9.17) is 9.47 Å². The van der Waals surface area contributed by atoms with Crippen molar-refractivity contribution in [3.05, 3.63) is 59.7 Å². The zero-order valence-corrected chi connectivity index (χ0v) is 14.7. The van der Waals surface area contributed by atoms with Crippen molar-refractivity contribution >= 4 is 17.6 Å². The SMILES string of the molecule is CCCOc1ccc(C(=O)Nc2ccc(C(=O)OC(C)C)cc2)cc1. The summed E-state index contributed by atoms with van der Waals surface area (Å²) in [5.41, 5.74) is 1.59. The van der Waals surface area contributed by atoms with Crippen LogP contribution in [-0.4, -0.2) is 24.6 Å². The van der Waals surface area contributed by atoms with E-state index in [1.54, 1.807) is 62.4 Å². The van der Waals surface area contributed by atoms with Crippen LogP contribution in [0.15, 0.2) is 48.5 Å². The highest BCUT2D eigenvalue weighted by Gasteiger charge is 2.10. The Bertz CT molecular complexity index is 705. The number of hydrogen-bond donors (Lipinski definition) is 1. The molecule has 0 aliphatic heterocycles. The average molecular weight is 341 g/mol. The molecule has 2 rings (SSSR count). The van der Waals surface area contributed by atoms with Gasteiger partial charge in [-0.05, 0) is 68.8 Å². The summed E-state index contributed by atoms with van der Waals surface area (Å²) in [6, 6.07) is 13.6. The Morgan fingerprint density at radius 2 is 1.56 bits per heavy atom. The number of anilines is 1. The van der Waals surface area contributed by atoms with E-state index in [1.807, 2.05) is 6.92 Å². The molecule has 2 aromatic carbocycles. The second kappa shape index (κ2) is 8.87. The monoisotopic (exact) mass is 341 g/mol. The van der Waals surface area contributed by atoms with E-state index in [2.05, 4.69) is 5.32 Å². The molecule has 0 unspecified atom stereocenters. The maximum Gasteiger partial charge on any atom is 0.338 e. The van der Waals surface area contributed by atoms with Crippen molar-refractivity contribution in [1.29, 1.82) is 0 Å². The molecule has 0 radical (unpaired) electrons. The first kappa shape index (κ1) is 18.5. The largest absolute Gasteiger partial charge is 0.494 e. The number of rotatable bonds is 7. The van der Waals surface area contributed by atoms with Crippen molar-refractivity contribution in [3.8, 4) is 5.75 Å². The van der Waals surface area contributed by atoms with Crippen LogP contribution in [0.25, 0.3) is 0 Å². The molecule has 5 heteroatoms. The van der Waals surface area contributed by atoms with E-state index in [9.17, 15) is 9.59 Å². The van der Waals surface area contributed by atoms with Crippen LogP contribution in [0.3, 0.4) is 0 Å². The number of amides is 1. The molecule has 25 heavy (non-hydrogen) atoms. The van der Waals surface area contributed by atoms with Crippen molar-refractivity contribution in [2.45, 2.75) is 33.3 Å². The smallest absolute Gasteiger partial charge is 0.338 e. The van der Waals surface area contributed by atoms with Crippen LogP contribution in [0.2, 0.25) is 0 Å². The van der Waals surface area contributed by atoms with Crippen LogP contribution in [0.4, 0.5) is 5.69 Å². The zero-order chi connectivity index (χ0) is 18.2. The molecule has 0 aliphatic rings. The second-order valence-electron chi connectivity index (χ2n) is 5.86. The minimum absolute atomic E-state index is 0.170. The highest BCUT2D eigenvalue weighted by Crippen LogP contribution is 2.16. The Labute approximate surface area is 148 Å². The Hall–Kier alpha value is -2.82. The van der Waals surface area contributed by atoms with Crippen LogP contribution in [0, 0.1) is 0 Å². The van der Waals surface area contributed by atoms with Crippen LogP contribution < -0.4 is 10.1 Å². The summed E-state index contributed by atoms with van der Waals surface area (Å²) in [6.45, 7) is 6.28. The maximum atomic E-state index is 12.3. The topological polar surface area (TPSA) is 64.6 Å².